The summed E-state index contributed by atoms with van der Waals surface area (Å²) in [6, 6.07) is 7.31. The highest BCUT2D eigenvalue weighted by Gasteiger charge is 2.06. The van der Waals surface area contributed by atoms with Gasteiger partial charge >= 0.3 is 0 Å². The van der Waals surface area contributed by atoms with Gasteiger partial charge in [-0.05, 0) is 36.6 Å². The number of nitrogens with one attached hydrogen (secondary N) is 1. The van der Waals surface area contributed by atoms with Crippen LogP contribution >= 0.6 is 12.1 Å². The molecule has 0 aromatic heterocycles. The number of allylic oxidation sites excluding steroid dienone is 3. The van der Waals surface area contributed by atoms with Gasteiger partial charge in [-0.2, -0.15) is 3.89 Å². The highest BCUT2D eigenvalue weighted by Crippen LogP contribution is 2.22. The van der Waals surface area contributed by atoms with Gasteiger partial charge in [0.05, 0.1) is 12.1 Å². The van der Waals surface area contributed by atoms with Gasteiger partial charge in [-0.15, -0.1) is 0 Å². The third kappa shape index (κ3) is 3.26. The first-order chi connectivity index (χ1) is 8.69. The molecule has 1 aromatic carbocycles. The molecule has 1 N–H and O–H groups in total. The zero-order valence-corrected chi connectivity index (χ0v) is 11.2. The van der Waals surface area contributed by atoms with Crippen molar-refractivity contribution in [2.75, 3.05) is 6.54 Å². The Labute approximate surface area is 112 Å². The van der Waals surface area contributed by atoms with Crippen LogP contribution in [0.1, 0.15) is 18.9 Å². The van der Waals surface area contributed by atoms with E-state index in [1.807, 2.05) is 12.1 Å². The molecular formula is C15H16FNS. The fraction of sp³-hybridized carbons (Fsp3) is 0.200. The Morgan fingerprint density at radius 2 is 2.28 bits per heavy atom. The molecule has 1 aromatic rings. The molecule has 0 atom stereocenters. The number of halogens is 1. The van der Waals surface area contributed by atoms with Gasteiger partial charge < -0.3 is 5.32 Å². The van der Waals surface area contributed by atoms with Crippen LogP contribution < -0.4 is 5.32 Å². The van der Waals surface area contributed by atoms with Gasteiger partial charge in [-0.3, -0.25) is 0 Å². The maximum Gasteiger partial charge on any atom is 0.0812 e. The van der Waals surface area contributed by atoms with E-state index in [-0.39, 0.29) is 12.1 Å². The summed E-state index contributed by atoms with van der Waals surface area (Å²) in [5.74, 6) is 0. The van der Waals surface area contributed by atoms with Crippen LogP contribution in [0.25, 0.3) is 5.70 Å². The van der Waals surface area contributed by atoms with Crippen molar-refractivity contribution in [2.24, 2.45) is 0 Å². The average molecular weight is 261 g/mol. The van der Waals surface area contributed by atoms with E-state index in [4.69, 9.17) is 0 Å². The molecule has 0 spiro atoms. The lowest BCUT2D eigenvalue weighted by molar-refractivity contribution is 0.922. The Bertz CT molecular complexity index is 517. The summed E-state index contributed by atoms with van der Waals surface area (Å²) >= 11 is 0.255. The van der Waals surface area contributed by atoms with Crippen molar-refractivity contribution in [3.05, 3.63) is 59.7 Å². The third-order valence-electron chi connectivity index (χ3n) is 2.91. The SMILES string of the molecule is C=C(NCC1=CC=C(C)C1)c1cccc(SF)c1. The molecule has 0 saturated carbocycles. The number of hydrogen-bond donors (Lipinski definition) is 1. The van der Waals surface area contributed by atoms with Crippen molar-refractivity contribution >= 4 is 17.8 Å². The van der Waals surface area contributed by atoms with Gasteiger partial charge in [-0.1, -0.05) is 36.4 Å². The summed E-state index contributed by atoms with van der Waals surface area (Å²) in [7, 11) is 0. The maximum atomic E-state index is 12.5. The summed E-state index contributed by atoms with van der Waals surface area (Å²) in [4.78, 5) is 0.605. The first-order valence-corrected chi connectivity index (χ1v) is 6.58. The maximum absolute atomic E-state index is 12.5. The summed E-state index contributed by atoms with van der Waals surface area (Å²) in [6.07, 6.45) is 5.31. The minimum absolute atomic E-state index is 0.255. The van der Waals surface area contributed by atoms with Crippen molar-refractivity contribution in [3.63, 3.8) is 0 Å². The number of hydrogen-bond acceptors (Lipinski definition) is 2. The summed E-state index contributed by atoms with van der Waals surface area (Å²) in [5.41, 5.74) is 4.50. The Hall–Kier alpha value is -1.48. The van der Waals surface area contributed by atoms with Gasteiger partial charge in [0, 0.05) is 17.1 Å². The Morgan fingerprint density at radius 1 is 1.44 bits per heavy atom. The summed E-state index contributed by atoms with van der Waals surface area (Å²) in [6.45, 7) is 6.91. The van der Waals surface area contributed by atoms with Crippen LogP contribution in [0.5, 0.6) is 0 Å². The summed E-state index contributed by atoms with van der Waals surface area (Å²) in [5, 5.41) is 3.28. The zero-order valence-electron chi connectivity index (χ0n) is 10.4. The zero-order chi connectivity index (χ0) is 13.0. The number of rotatable bonds is 5. The molecule has 0 bridgehead atoms. The normalized spacial score (nSPS) is 14.1. The molecule has 0 amide bonds. The Kier molecular flexibility index (Phi) is 4.26. The van der Waals surface area contributed by atoms with Crippen LogP contribution in [0, 0.1) is 0 Å². The summed E-state index contributed by atoms with van der Waals surface area (Å²) < 4.78 is 12.5. The predicted molar refractivity (Wildman–Crippen MR) is 76.9 cm³/mol. The molecule has 2 rings (SSSR count). The lowest BCUT2D eigenvalue weighted by atomic mass is 10.1. The molecule has 0 aliphatic heterocycles. The lowest BCUT2D eigenvalue weighted by Gasteiger charge is -2.11. The van der Waals surface area contributed by atoms with Crippen molar-refractivity contribution in [1.82, 2.24) is 5.32 Å². The Morgan fingerprint density at radius 3 is 2.94 bits per heavy atom. The molecule has 3 heteroatoms. The van der Waals surface area contributed by atoms with Gasteiger partial charge in [0.25, 0.3) is 0 Å². The molecule has 0 radical (unpaired) electrons. The van der Waals surface area contributed by atoms with Crippen LogP contribution in [0.4, 0.5) is 3.89 Å². The van der Waals surface area contributed by atoms with E-state index in [1.165, 1.54) is 11.1 Å². The van der Waals surface area contributed by atoms with Crippen molar-refractivity contribution < 1.29 is 3.89 Å². The first-order valence-electron chi connectivity index (χ1n) is 5.86. The molecule has 0 saturated heterocycles. The molecule has 18 heavy (non-hydrogen) atoms. The highest BCUT2D eigenvalue weighted by molar-refractivity contribution is 7.94. The van der Waals surface area contributed by atoms with E-state index in [2.05, 4.69) is 31.0 Å². The first kappa shape index (κ1) is 13.0. The van der Waals surface area contributed by atoms with Crippen LogP contribution in [0.2, 0.25) is 0 Å². The fourth-order valence-corrected chi connectivity index (χ4v) is 2.21. The van der Waals surface area contributed by atoms with Gasteiger partial charge in [0.2, 0.25) is 0 Å². The van der Waals surface area contributed by atoms with Crippen LogP contribution in [-0.4, -0.2) is 6.54 Å². The van der Waals surface area contributed by atoms with Crippen molar-refractivity contribution in [3.8, 4) is 0 Å². The fourth-order valence-electron chi connectivity index (χ4n) is 1.91. The monoisotopic (exact) mass is 261 g/mol. The average Bonchev–Trinajstić information content (AvgIpc) is 2.82. The molecule has 1 aliphatic carbocycles. The second-order valence-corrected chi connectivity index (χ2v) is 5.08. The third-order valence-corrected chi connectivity index (χ3v) is 3.34. The van der Waals surface area contributed by atoms with E-state index >= 15 is 0 Å². The predicted octanol–water partition coefficient (Wildman–Crippen LogP) is 4.50. The Balaban J connectivity index is 1.92. The van der Waals surface area contributed by atoms with Gasteiger partial charge in [-0.25, -0.2) is 0 Å². The van der Waals surface area contributed by atoms with E-state index in [0.717, 1.165) is 24.2 Å². The molecule has 1 aliphatic rings. The lowest BCUT2D eigenvalue weighted by Crippen LogP contribution is -2.14. The van der Waals surface area contributed by atoms with Crippen LogP contribution in [0.15, 0.2) is 59.0 Å². The standard InChI is InChI=1S/C15H16FNS/c1-11-6-7-13(8-11)10-17-12(2)14-4-3-5-15(9-14)18-16/h3-7,9,17H,2,8,10H2,1H3. The van der Waals surface area contributed by atoms with E-state index in [9.17, 15) is 3.89 Å². The van der Waals surface area contributed by atoms with E-state index < -0.39 is 0 Å². The van der Waals surface area contributed by atoms with Gasteiger partial charge in [0.1, 0.15) is 0 Å². The van der Waals surface area contributed by atoms with Crippen LogP contribution in [0.3, 0.4) is 0 Å². The van der Waals surface area contributed by atoms with E-state index in [1.54, 1.807) is 12.1 Å². The highest BCUT2D eigenvalue weighted by atomic mass is 32.2. The van der Waals surface area contributed by atoms with E-state index in [0.29, 0.717) is 4.90 Å². The van der Waals surface area contributed by atoms with Crippen molar-refractivity contribution in [1.29, 1.82) is 0 Å². The second kappa shape index (κ2) is 5.91. The second-order valence-electron chi connectivity index (χ2n) is 4.45. The minimum Gasteiger partial charge on any atom is -0.381 e. The van der Waals surface area contributed by atoms with Crippen molar-refractivity contribution in [2.45, 2.75) is 18.2 Å². The molecule has 0 heterocycles. The largest absolute Gasteiger partial charge is 0.381 e. The van der Waals surface area contributed by atoms with Gasteiger partial charge in [0.15, 0.2) is 0 Å². The molecule has 0 fully saturated rings. The topological polar surface area (TPSA) is 12.0 Å². The molecule has 1 nitrogen and oxygen atoms in total. The minimum atomic E-state index is 0.255. The number of benzene rings is 1. The quantitative estimate of drug-likeness (QED) is 0.837. The molecule has 94 valence electrons. The smallest absolute Gasteiger partial charge is 0.0812 e. The molecule has 0 unspecified atom stereocenters. The van der Waals surface area contributed by atoms with Crippen LogP contribution in [-0.2, 0) is 0 Å². The molecular weight excluding hydrogens is 245 g/mol.